The van der Waals surface area contributed by atoms with Crippen LogP contribution in [0.15, 0.2) is 24.7 Å². The van der Waals surface area contributed by atoms with Gasteiger partial charge in [-0.3, -0.25) is 9.78 Å². The molecule has 2 aliphatic heterocycles. The van der Waals surface area contributed by atoms with Gasteiger partial charge in [0.25, 0.3) is 5.91 Å². The van der Waals surface area contributed by atoms with Crippen LogP contribution in [0.5, 0.6) is 0 Å². The maximum atomic E-state index is 12.5. The number of likely N-dealkylation sites (tertiary alicyclic amines) is 1. The summed E-state index contributed by atoms with van der Waals surface area (Å²) in [5, 5.41) is 10.1. The minimum absolute atomic E-state index is 0.194. The van der Waals surface area contributed by atoms with Crippen molar-refractivity contribution in [3.63, 3.8) is 0 Å². The van der Waals surface area contributed by atoms with E-state index < -0.39 is 5.60 Å². The zero-order chi connectivity index (χ0) is 22.5. The highest BCUT2D eigenvalue weighted by Gasteiger charge is 2.35. The van der Waals surface area contributed by atoms with Gasteiger partial charge in [-0.15, -0.1) is 0 Å². The van der Waals surface area contributed by atoms with Crippen molar-refractivity contribution >= 4 is 17.7 Å². The average molecular weight is 434 g/mol. The molecule has 1 saturated heterocycles. The van der Waals surface area contributed by atoms with Crippen LogP contribution in [0, 0.1) is 0 Å². The van der Waals surface area contributed by atoms with Crippen LogP contribution in [0.4, 0.5) is 5.69 Å². The van der Waals surface area contributed by atoms with Gasteiger partial charge >= 0.3 is 0 Å². The Morgan fingerprint density at radius 1 is 1.16 bits per heavy atom. The molecule has 4 heterocycles. The van der Waals surface area contributed by atoms with Crippen molar-refractivity contribution in [2.45, 2.75) is 70.6 Å². The van der Waals surface area contributed by atoms with E-state index in [1.807, 2.05) is 6.20 Å². The lowest BCUT2D eigenvalue weighted by molar-refractivity contribution is -0.148. The summed E-state index contributed by atoms with van der Waals surface area (Å²) in [5.74, 6) is 0.108. The van der Waals surface area contributed by atoms with Gasteiger partial charge in [0.15, 0.2) is 0 Å². The van der Waals surface area contributed by atoms with Crippen LogP contribution in [-0.2, 0) is 24.2 Å². The number of hydrogen-bond donors (Lipinski definition) is 1. The monoisotopic (exact) mass is 433 g/mol. The van der Waals surface area contributed by atoms with Crippen LogP contribution in [0.2, 0.25) is 0 Å². The lowest BCUT2D eigenvalue weighted by Crippen LogP contribution is -2.48. The van der Waals surface area contributed by atoms with Crippen LogP contribution < -0.4 is 4.90 Å². The molecule has 1 aliphatic carbocycles. The molecular formula is C25H31N5O2. The summed E-state index contributed by atoms with van der Waals surface area (Å²) in [6, 6.07) is 2.47. The summed E-state index contributed by atoms with van der Waals surface area (Å²) in [5.41, 5.74) is 5.82. The average Bonchev–Trinajstić information content (AvgIpc) is 3.26. The third kappa shape index (κ3) is 3.68. The van der Waals surface area contributed by atoms with Gasteiger partial charge in [-0.25, -0.2) is 9.97 Å². The number of piperidine rings is 1. The van der Waals surface area contributed by atoms with Crippen molar-refractivity contribution in [3.8, 4) is 0 Å². The second-order valence-corrected chi connectivity index (χ2v) is 9.79. The summed E-state index contributed by atoms with van der Waals surface area (Å²) < 4.78 is 0. The van der Waals surface area contributed by atoms with E-state index >= 15 is 0 Å². The van der Waals surface area contributed by atoms with Gasteiger partial charge in [-0.05, 0) is 39.7 Å². The normalized spacial score (nSPS) is 20.9. The predicted octanol–water partition coefficient (Wildman–Crippen LogP) is 2.87. The summed E-state index contributed by atoms with van der Waals surface area (Å²) >= 11 is 0. The molecule has 168 valence electrons. The Morgan fingerprint density at radius 3 is 2.69 bits per heavy atom. The number of pyridine rings is 1. The molecule has 5 rings (SSSR count). The molecule has 1 fully saturated rings. The number of amides is 1. The molecule has 1 N–H and O–H groups in total. The molecule has 7 nitrogen and oxygen atoms in total. The van der Waals surface area contributed by atoms with Crippen LogP contribution in [0.1, 0.15) is 67.7 Å². The Kier molecular flexibility index (Phi) is 5.24. The highest BCUT2D eigenvalue weighted by atomic mass is 16.3. The van der Waals surface area contributed by atoms with Gasteiger partial charge < -0.3 is 14.9 Å². The topological polar surface area (TPSA) is 82.5 Å². The first-order valence-electron chi connectivity index (χ1n) is 11.6. The molecule has 0 unspecified atom stereocenters. The van der Waals surface area contributed by atoms with E-state index in [0.29, 0.717) is 25.0 Å². The van der Waals surface area contributed by atoms with Gasteiger partial charge in [0.05, 0.1) is 17.1 Å². The predicted molar refractivity (Wildman–Crippen MR) is 123 cm³/mol. The van der Waals surface area contributed by atoms with Crippen molar-refractivity contribution in [1.29, 1.82) is 0 Å². The quantitative estimate of drug-likeness (QED) is 0.802. The van der Waals surface area contributed by atoms with E-state index in [9.17, 15) is 9.90 Å². The fraction of sp³-hybridized carbons (Fsp3) is 0.520. The van der Waals surface area contributed by atoms with E-state index in [1.54, 1.807) is 25.1 Å². The fourth-order valence-electron chi connectivity index (χ4n) is 5.33. The summed E-state index contributed by atoms with van der Waals surface area (Å²) in [6.07, 6.45) is 11.5. The number of anilines is 1. The number of allylic oxidation sites excluding steroid dienone is 1. The maximum Gasteiger partial charge on any atom is 0.253 e. The van der Waals surface area contributed by atoms with E-state index in [4.69, 9.17) is 4.98 Å². The third-order valence-corrected chi connectivity index (χ3v) is 7.06. The minimum Gasteiger partial charge on any atom is -0.381 e. The van der Waals surface area contributed by atoms with Crippen molar-refractivity contribution in [2.75, 3.05) is 18.0 Å². The number of fused-ring (bicyclic) bond motifs is 2. The second-order valence-electron chi connectivity index (χ2n) is 9.79. The molecule has 2 aromatic rings. The van der Waals surface area contributed by atoms with Gasteiger partial charge in [0.2, 0.25) is 0 Å². The highest BCUT2D eigenvalue weighted by molar-refractivity contribution is 5.84. The number of aliphatic hydroxyl groups is 1. The molecule has 7 heteroatoms. The fourth-order valence-corrected chi connectivity index (χ4v) is 5.33. The maximum absolute atomic E-state index is 12.5. The molecular weight excluding hydrogens is 402 g/mol. The molecule has 32 heavy (non-hydrogen) atoms. The zero-order valence-corrected chi connectivity index (χ0v) is 19.1. The molecule has 3 aliphatic rings. The molecule has 0 bridgehead atoms. The minimum atomic E-state index is -1.32. The molecule has 1 amide bonds. The smallest absolute Gasteiger partial charge is 0.253 e. The lowest BCUT2D eigenvalue weighted by Gasteiger charge is -2.39. The van der Waals surface area contributed by atoms with Crippen LogP contribution >= 0.6 is 0 Å². The molecule has 0 spiro atoms. The van der Waals surface area contributed by atoms with E-state index in [1.165, 1.54) is 16.8 Å². The van der Waals surface area contributed by atoms with E-state index in [-0.39, 0.29) is 5.91 Å². The summed E-state index contributed by atoms with van der Waals surface area (Å²) in [7, 11) is 0. The van der Waals surface area contributed by atoms with Crippen LogP contribution in [0.25, 0.3) is 6.08 Å². The zero-order valence-electron chi connectivity index (χ0n) is 19.1. The molecule has 2 aromatic heterocycles. The van der Waals surface area contributed by atoms with Crippen molar-refractivity contribution in [1.82, 2.24) is 19.9 Å². The number of aromatic nitrogens is 3. The SMILES string of the molecule is C[C@@H]1Cc2ncnc(C3CCN(C(=O)C(C)(C)O)CC3)c2CN1c1ccnc2c1C=CC2. The van der Waals surface area contributed by atoms with E-state index in [0.717, 1.165) is 49.3 Å². The summed E-state index contributed by atoms with van der Waals surface area (Å²) in [4.78, 5) is 30.6. The van der Waals surface area contributed by atoms with Crippen molar-refractivity contribution in [3.05, 3.63) is 52.9 Å². The largest absolute Gasteiger partial charge is 0.381 e. The van der Waals surface area contributed by atoms with Crippen molar-refractivity contribution in [2.24, 2.45) is 0 Å². The number of rotatable bonds is 3. The van der Waals surface area contributed by atoms with Gasteiger partial charge in [-0.1, -0.05) is 12.2 Å². The van der Waals surface area contributed by atoms with Crippen LogP contribution in [0.3, 0.4) is 0 Å². The Morgan fingerprint density at radius 2 is 1.94 bits per heavy atom. The first-order valence-corrected chi connectivity index (χ1v) is 11.6. The molecule has 1 atom stereocenters. The summed E-state index contributed by atoms with van der Waals surface area (Å²) in [6.45, 7) is 7.47. The molecule has 0 radical (unpaired) electrons. The highest BCUT2D eigenvalue weighted by Crippen LogP contribution is 2.37. The first-order chi connectivity index (χ1) is 15.3. The molecule has 0 aromatic carbocycles. The standard InChI is InChI=1S/C25H31N5O2/c1-16-13-21-19(14-30(16)22-7-10-26-20-6-4-5-18(20)22)23(28-15-27-21)17-8-11-29(12-9-17)24(31)25(2,3)32/h4-5,7,10,15-17,32H,6,8-9,11-14H2,1-3H3/t16-/m1/s1. The number of nitrogens with zero attached hydrogens (tertiary/aromatic N) is 5. The first kappa shape index (κ1) is 21.1. The Balaban J connectivity index is 1.40. The number of hydrogen-bond acceptors (Lipinski definition) is 6. The number of carbonyl (C=O) groups is 1. The van der Waals surface area contributed by atoms with Gasteiger partial charge in [-0.2, -0.15) is 0 Å². The molecule has 0 saturated carbocycles. The third-order valence-electron chi connectivity index (χ3n) is 7.06. The lowest BCUT2D eigenvalue weighted by atomic mass is 9.86. The van der Waals surface area contributed by atoms with Gasteiger partial charge in [0.1, 0.15) is 11.9 Å². The Hall–Kier alpha value is -2.80. The van der Waals surface area contributed by atoms with E-state index in [2.05, 4.69) is 40.0 Å². The number of carbonyl (C=O) groups excluding carboxylic acids is 1. The van der Waals surface area contributed by atoms with Crippen LogP contribution in [-0.4, -0.2) is 55.6 Å². The Bertz CT molecular complexity index is 1070. The van der Waals surface area contributed by atoms with Crippen molar-refractivity contribution < 1.29 is 9.90 Å². The second kappa shape index (κ2) is 7.96. The van der Waals surface area contributed by atoms with Gasteiger partial charge in [0, 0.05) is 67.4 Å². The Labute approximate surface area is 189 Å².